The SMILES string of the molecule is CNC(=O)CN1CCC[C@](c2ccccc2)(N(C)C)CCCC(CC(C)C)C(C)C1=O. The molecule has 1 N–H and O–H groups in total. The van der Waals surface area contributed by atoms with Crippen LogP contribution in [0.3, 0.4) is 0 Å². The lowest BCUT2D eigenvalue weighted by Crippen LogP contribution is -2.45. The molecule has 5 heteroatoms. The van der Waals surface area contributed by atoms with Crippen molar-refractivity contribution in [3.8, 4) is 0 Å². The standard InChI is InChI=1S/C26H43N3O2/c1-20(2)18-22-12-10-15-26(28(5)6,23-13-8-7-9-14-23)16-11-17-29(19-24(30)27-4)25(31)21(22)3/h7-9,13-14,20-22H,10-12,15-19H2,1-6H3,(H,27,30)/t21?,22?,26-/m1/s1. The molecule has 2 unspecified atom stereocenters. The van der Waals surface area contributed by atoms with Crippen molar-refractivity contribution in [1.82, 2.24) is 15.1 Å². The summed E-state index contributed by atoms with van der Waals surface area (Å²) in [5.41, 5.74) is 1.29. The molecule has 174 valence electrons. The molecule has 1 aliphatic rings. The van der Waals surface area contributed by atoms with Gasteiger partial charge in [0.1, 0.15) is 0 Å². The first-order valence-corrected chi connectivity index (χ1v) is 11.9. The molecule has 31 heavy (non-hydrogen) atoms. The molecule has 3 atom stereocenters. The first-order valence-electron chi connectivity index (χ1n) is 11.9. The van der Waals surface area contributed by atoms with Gasteiger partial charge in [0.25, 0.3) is 0 Å². The molecule has 0 spiro atoms. The Labute approximate surface area is 189 Å². The lowest BCUT2D eigenvalue weighted by molar-refractivity contribution is -0.140. The number of hydrogen-bond acceptors (Lipinski definition) is 3. The highest BCUT2D eigenvalue weighted by Gasteiger charge is 2.36. The van der Waals surface area contributed by atoms with Gasteiger partial charge in [-0.3, -0.25) is 14.5 Å². The van der Waals surface area contributed by atoms with Gasteiger partial charge in [-0.05, 0) is 63.6 Å². The number of likely N-dealkylation sites (N-methyl/N-ethyl adjacent to an activating group) is 1. The van der Waals surface area contributed by atoms with Crippen molar-refractivity contribution >= 4 is 11.8 Å². The predicted molar refractivity (Wildman–Crippen MR) is 128 cm³/mol. The van der Waals surface area contributed by atoms with Crippen LogP contribution >= 0.6 is 0 Å². The van der Waals surface area contributed by atoms with E-state index in [0.717, 1.165) is 38.5 Å². The van der Waals surface area contributed by atoms with Crippen LogP contribution in [0.1, 0.15) is 64.9 Å². The summed E-state index contributed by atoms with van der Waals surface area (Å²) in [5.74, 6) is 0.860. The molecule has 2 amide bonds. The van der Waals surface area contributed by atoms with Crippen LogP contribution in [0.5, 0.6) is 0 Å². The lowest BCUT2D eigenvalue weighted by Gasteiger charge is -2.41. The van der Waals surface area contributed by atoms with Gasteiger partial charge in [-0.15, -0.1) is 0 Å². The second-order valence-corrected chi connectivity index (χ2v) is 9.90. The molecule has 0 aliphatic carbocycles. The average molecular weight is 430 g/mol. The smallest absolute Gasteiger partial charge is 0.239 e. The van der Waals surface area contributed by atoms with E-state index in [1.165, 1.54) is 5.56 Å². The van der Waals surface area contributed by atoms with Gasteiger partial charge in [0.05, 0.1) is 6.54 Å². The minimum Gasteiger partial charge on any atom is -0.358 e. The maximum Gasteiger partial charge on any atom is 0.239 e. The number of amides is 2. The second kappa shape index (κ2) is 11.7. The van der Waals surface area contributed by atoms with Gasteiger partial charge in [0.15, 0.2) is 0 Å². The van der Waals surface area contributed by atoms with Crippen molar-refractivity contribution in [2.75, 3.05) is 34.2 Å². The highest BCUT2D eigenvalue weighted by molar-refractivity contribution is 5.85. The van der Waals surface area contributed by atoms with E-state index in [9.17, 15) is 9.59 Å². The zero-order valence-electron chi connectivity index (χ0n) is 20.5. The zero-order valence-corrected chi connectivity index (χ0v) is 20.5. The number of hydrogen-bond donors (Lipinski definition) is 1. The predicted octanol–water partition coefficient (Wildman–Crippen LogP) is 4.28. The normalized spacial score (nSPS) is 26.1. The number of carbonyl (C=O) groups is 2. The van der Waals surface area contributed by atoms with Crippen LogP contribution in [0.15, 0.2) is 30.3 Å². The van der Waals surface area contributed by atoms with Gasteiger partial charge in [-0.25, -0.2) is 0 Å². The minimum absolute atomic E-state index is 0.0566. The minimum atomic E-state index is -0.0993. The Morgan fingerprint density at radius 2 is 1.84 bits per heavy atom. The fraction of sp³-hybridized carbons (Fsp3) is 0.692. The zero-order chi connectivity index (χ0) is 23.0. The average Bonchev–Trinajstić information content (AvgIpc) is 2.76. The third kappa shape index (κ3) is 6.55. The number of carbonyl (C=O) groups excluding carboxylic acids is 2. The maximum atomic E-state index is 13.4. The van der Waals surface area contributed by atoms with E-state index >= 15 is 0 Å². The van der Waals surface area contributed by atoms with Gasteiger partial charge in [-0.2, -0.15) is 0 Å². The molecule has 0 radical (unpaired) electrons. The highest BCUT2D eigenvalue weighted by Crippen LogP contribution is 2.39. The van der Waals surface area contributed by atoms with Crippen LogP contribution < -0.4 is 5.32 Å². The summed E-state index contributed by atoms with van der Waals surface area (Å²) in [6.07, 6.45) is 6.09. The fourth-order valence-corrected chi connectivity index (χ4v) is 5.27. The van der Waals surface area contributed by atoms with Crippen LogP contribution in [0.2, 0.25) is 0 Å². The first-order chi connectivity index (χ1) is 14.7. The van der Waals surface area contributed by atoms with Crippen molar-refractivity contribution in [2.24, 2.45) is 17.8 Å². The Morgan fingerprint density at radius 1 is 1.19 bits per heavy atom. The molecular weight excluding hydrogens is 386 g/mol. The molecule has 1 aromatic rings. The van der Waals surface area contributed by atoms with E-state index in [1.54, 1.807) is 11.9 Å². The van der Waals surface area contributed by atoms with E-state index in [1.807, 2.05) is 0 Å². The molecular formula is C26H43N3O2. The quantitative estimate of drug-likeness (QED) is 0.734. The van der Waals surface area contributed by atoms with Crippen LogP contribution in [-0.2, 0) is 15.1 Å². The molecule has 1 heterocycles. The molecule has 1 fully saturated rings. The topological polar surface area (TPSA) is 52.7 Å². The third-order valence-corrected chi connectivity index (χ3v) is 7.15. The van der Waals surface area contributed by atoms with E-state index in [2.05, 4.69) is 75.4 Å². The summed E-state index contributed by atoms with van der Waals surface area (Å²) in [4.78, 5) is 29.7. The highest BCUT2D eigenvalue weighted by atomic mass is 16.2. The Kier molecular flexibility index (Phi) is 9.54. The third-order valence-electron chi connectivity index (χ3n) is 7.15. The van der Waals surface area contributed by atoms with Crippen molar-refractivity contribution in [2.45, 2.75) is 64.8 Å². The van der Waals surface area contributed by atoms with Crippen molar-refractivity contribution in [3.63, 3.8) is 0 Å². The summed E-state index contributed by atoms with van der Waals surface area (Å²) >= 11 is 0. The molecule has 1 saturated heterocycles. The lowest BCUT2D eigenvalue weighted by atomic mass is 9.77. The van der Waals surface area contributed by atoms with Crippen LogP contribution in [0.4, 0.5) is 0 Å². The van der Waals surface area contributed by atoms with Crippen LogP contribution in [0.25, 0.3) is 0 Å². The maximum absolute atomic E-state index is 13.4. The van der Waals surface area contributed by atoms with Gasteiger partial charge in [-0.1, -0.05) is 57.5 Å². The summed E-state index contributed by atoms with van der Waals surface area (Å²) < 4.78 is 0. The number of rotatable bonds is 6. The van der Waals surface area contributed by atoms with Gasteiger partial charge >= 0.3 is 0 Å². The Balaban J connectivity index is 2.39. The van der Waals surface area contributed by atoms with Crippen molar-refractivity contribution in [3.05, 3.63) is 35.9 Å². The van der Waals surface area contributed by atoms with Gasteiger partial charge in [0, 0.05) is 25.0 Å². The van der Waals surface area contributed by atoms with Crippen molar-refractivity contribution in [1.29, 1.82) is 0 Å². The van der Waals surface area contributed by atoms with Crippen molar-refractivity contribution < 1.29 is 9.59 Å². The summed E-state index contributed by atoms with van der Waals surface area (Å²) in [5, 5.41) is 2.69. The number of nitrogens with zero attached hydrogens (tertiary/aromatic N) is 2. The second-order valence-electron chi connectivity index (χ2n) is 9.90. The molecule has 2 rings (SSSR count). The Bertz CT molecular complexity index is 704. The first kappa shape index (κ1) is 25.4. The Morgan fingerprint density at radius 3 is 2.42 bits per heavy atom. The van der Waals surface area contributed by atoms with Gasteiger partial charge < -0.3 is 10.2 Å². The van der Waals surface area contributed by atoms with E-state index in [-0.39, 0.29) is 29.8 Å². The number of nitrogens with one attached hydrogen (secondary N) is 1. The molecule has 0 aromatic heterocycles. The summed E-state index contributed by atoms with van der Waals surface area (Å²) in [6, 6.07) is 10.8. The van der Waals surface area contributed by atoms with E-state index in [4.69, 9.17) is 0 Å². The summed E-state index contributed by atoms with van der Waals surface area (Å²) in [6.45, 7) is 7.31. The van der Waals surface area contributed by atoms with Gasteiger partial charge in [0.2, 0.25) is 11.8 Å². The van der Waals surface area contributed by atoms with E-state index < -0.39 is 0 Å². The van der Waals surface area contributed by atoms with Crippen LogP contribution in [0, 0.1) is 17.8 Å². The summed E-state index contributed by atoms with van der Waals surface area (Å²) in [7, 11) is 5.99. The molecule has 1 aliphatic heterocycles. The largest absolute Gasteiger partial charge is 0.358 e. The monoisotopic (exact) mass is 429 g/mol. The Hall–Kier alpha value is -1.88. The molecule has 0 saturated carbocycles. The molecule has 0 bridgehead atoms. The molecule has 1 aromatic carbocycles. The molecule has 5 nitrogen and oxygen atoms in total. The van der Waals surface area contributed by atoms with Crippen LogP contribution in [-0.4, -0.2) is 55.8 Å². The number of benzene rings is 1. The fourth-order valence-electron chi connectivity index (χ4n) is 5.27. The van der Waals surface area contributed by atoms with E-state index in [0.29, 0.717) is 18.4 Å².